The fourth-order valence-corrected chi connectivity index (χ4v) is 4.23. The fraction of sp³-hybridized carbons (Fsp3) is 0.375. The molecule has 3 aromatic rings. The maximum absolute atomic E-state index is 13.1. The van der Waals surface area contributed by atoms with Crippen LogP contribution < -0.4 is 5.32 Å². The van der Waals surface area contributed by atoms with Gasteiger partial charge in [0.15, 0.2) is 0 Å². The fourth-order valence-electron chi connectivity index (χ4n) is 3.94. The van der Waals surface area contributed by atoms with Crippen molar-refractivity contribution in [3.8, 4) is 11.3 Å². The highest BCUT2D eigenvalue weighted by Gasteiger charge is 2.29. The van der Waals surface area contributed by atoms with Crippen LogP contribution in [0.2, 0.25) is 10.0 Å². The highest BCUT2D eigenvalue weighted by molar-refractivity contribution is 6.42. The molecule has 13 heteroatoms. The van der Waals surface area contributed by atoms with Crippen LogP contribution in [0.4, 0.5) is 10.5 Å². The van der Waals surface area contributed by atoms with Crippen LogP contribution in [0.5, 0.6) is 0 Å². The number of nitrogens with zero attached hydrogens (tertiary/aromatic N) is 5. The average molecular weight is 548 g/mol. The van der Waals surface area contributed by atoms with Crippen molar-refractivity contribution in [1.29, 1.82) is 0 Å². The summed E-state index contributed by atoms with van der Waals surface area (Å²) < 4.78 is 6.55. The molecule has 1 aliphatic rings. The van der Waals surface area contributed by atoms with Gasteiger partial charge in [-0.2, -0.15) is 10.2 Å². The van der Waals surface area contributed by atoms with Gasteiger partial charge in [0.1, 0.15) is 11.7 Å². The molecule has 0 radical (unpaired) electrons. The SMILES string of the molecule is CCOC(=O)N1CCN(C(=O)C(C)n2cc(NC(=O)c3cc(-c4ccc(Cl)c(Cl)c4)n[nH]3)c(C)n2)CC1. The van der Waals surface area contributed by atoms with Gasteiger partial charge in [0, 0.05) is 37.9 Å². The molecule has 11 nitrogen and oxygen atoms in total. The van der Waals surface area contributed by atoms with E-state index >= 15 is 0 Å². The molecule has 1 saturated heterocycles. The van der Waals surface area contributed by atoms with E-state index in [1.807, 2.05) is 0 Å². The summed E-state index contributed by atoms with van der Waals surface area (Å²) in [4.78, 5) is 41.1. The Hall–Kier alpha value is -3.57. The average Bonchev–Trinajstić information content (AvgIpc) is 3.52. The lowest BCUT2D eigenvalue weighted by Crippen LogP contribution is -2.52. The van der Waals surface area contributed by atoms with Crippen LogP contribution in [0.1, 0.15) is 36.1 Å². The molecule has 0 spiro atoms. The number of hydrogen-bond acceptors (Lipinski definition) is 6. The Bertz CT molecular complexity index is 1310. The third-order valence-electron chi connectivity index (χ3n) is 6.07. The number of H-pyrrole nitrogens is 1. The standard InChI is InChI=1S/C24H27Cl2N7O4/c1-4-37-24(36)32-9-7-31(8-10-32)23(35)15(3)33-13-21(14(2)30-33)27-22(34)20-12-19(28-29-20)16-5-6-17(25)18(26)11-16/h5-6,11-13,15H,4,7-10H2,1-3H3,(H,27,34)(H,28,29). The largest absolute Gasteiger partial charge is 0.450 e. The first kappa shape index (κ1) is 26.5. The molecule has 37 heavy (non-hydrogen) atoms. The zero-order valence-corrected chi connectivity index (χ0v) is 22.1. The molecule has 1 fully saturated rings. The van der Waals surface area contributed by atoms with Crippen molar-refractivity contribution in [3.63, 3.8) is 0 Å². The molecule has 3 amide bonds. The zero-order valence-electron chi connectivity index (χ0n) is 20.6. The Labute approximate surface area is 223 Å². The van der Waals surface area contributed by atoms with Gasteiger partial charge in [0.25, 0.3) is 5.91 Å². The van der Waals surface area contributed by atoms with Gasteiger partial charge in [-0.05, 0) is 39.0 Å². The molecular weight excluding hydrogens is 521 g/mol. The van der Waals surface area contributed by atoms with Gasteiger partial charge in [-0.3, -0.25) is 19.4 Å². The first-order chi connectivity index (χ1) is 17.7. The number of hydrogen-bond donors (Lipinski definition) is 2. The minimum absolute atomic E-state index is 0.122. The van der Waals surface area contributed by atoms with Gasteiger partial charge >= 0.3 is 6.09 Å². The predicted molar refractivity (Wildman–Crippen MR) is 139 cm³/mol. The summed E-state index contributed by atoms with van der Waals surface area (Å²) in [5.74, 6) is -0.528. The number of halogens is 2. The molecule has 4 rings (SSSR count). The number of amides is 3. The van der Waals surface area contributed by atoms with Crippen LogP contribution in [0.3, 0.4) is 0 Å². The number of carbonyl (C=O) groups excluding carboxylic acids is 3. The summed E-state index contributed by atoms with van der Waals surface area (Å²) >= 11 is 12.1. The van der Waals surface area contributed by atoms with E-state index in [4.69, 9.17) is 27.9 Å². The molecule has 2 aromatic heterocycles. The van der Waals surface area contributed by atoms with E-state index in [0.29, 0.717) is 65.5 Å². The minimum Gasteiger partial charge on any atom is -0.450 e. The number of anilines is 1. The quantitative estimate of drug-likeness (QED) is 0.480. The van der Waals surface area contributed by atoms with E-state index in [-0.39, 0.29) is 17.7 Å². The van der Waals surface area contributed by atoms with Gasteiger partial charge < -0.3 is 19.9 Å². The number of nitrogens with one attached hydrogen (secondary N) is 2. The van der Waals surface area contributed by atoms with E-state index in [2.05, 4.69) is 20.6 Å². The van der Waals surface area contributed by atoms with Crippen molar-refractivity contribution in [2.24, 2.45) is 0 Å². The van der Waals surface area contributed by atoms with Crippen LogP contribution in [-0.4, -0.2) is 80.5 Å². The number of aromatic amines is 1. The summed E-state index contributed by atoms with van der Waals surface area (Å²) in [6, 6.07) is 6.11. The first-order valence-corrected chi connectivity index (χ1v) is 12.5. The minimum atomic E-state index is -0.591. The Balaban J connectivity index is 1.38. The highest BCUT2D eigenvalue weighted by atomic mass is 35.5. The Morgan fingerprint density at radius 2 is 1.81 bits per heavy atom. The Morgan fingerprint density at radius 3 is 2.49 bits per heavy atom. The van der Waals surface area contributed by atoms with Gasteiger partial charge in [-0.25, -0.2) is 4.79 Å². The van der Waals surface area contributed by atoms with Crippen LogP contribution >= 0.6 is 23.2 Å². The molecule has 1 aromatic carbocycles. The van der Waals surface area contributed by atoms with Crippen LogP contribution in [0, 0.1) is 6.92 Å². The molecular formula is C24H27Cl2N7O4. The number of rotatable bonds is 6. The Kier molecular flexibility index (Phi) is 8.03. The third kappa shape index (κ3) is 5.89. The predicted octanol–water partition coefficient (Wildman–Crippen LogP) is 4.00. The maximum Gasteiger partial charge on any atom is 0.409 e. The van der Waals surface area contributed by atoms with E-state index in [9.17, 15) is 14.4 Å². The molecule has 0 aliphatic carbocycles. The zero-order chi connectivity index (χ0) is 26.7. The van der Waals surface area contributed by atoms with Crippen molar-refractivity contribution in [1.82, 2.24) is 29.8 Å². The van der Waals surface area contributed by atoms with Crippen molar-refractivity contribution < 1.29 is 19.1 Å². The van der Waals surface area contributed by atoms with Crippen LogP contribution in [-0.2, 0) is 9.53 Å². The molecule has 0 bridgehead atoms. The van der Waals surface area contributed by atoms with E-state index in [0.717, 1.165) is 0 Å². The summed E-state index contributed by atoms with van der Waals surface area (Å²) in [7, 11) is 0. The number of benzene rings is 1. The second-order valence-corrected chi connectivity index (χ2v) is 9.36. The number of aryl methyl sites for hydroxylation is 1. The molecule has 0 saturated carbocycles. The second-order valence-electron chi connectivity index (χ2n) is 8.55. The smallest absolute Gasteiger partial charge is 0.409 e. The summed E-state index contributed by atoms with van der Waals surface area (Å²) in [5.41, 5.74) is 2.53. The van der Waals surface area contributed by atoms with E-state index in [1.54, 1.807) is 61.0 Å². The molecule has 196 valence electrons. The van der Waals surface area contributed by atoms with Crippen molar-refractivity contribution in [2.75, 3.05) is 38.1 Å². The third-order valence-corrected chi connectivity index (χ3v) is 6.81. The number of piperazine rings is 1. The lowest BCUT2D eigenvalue weighted by atomic mass is 10.1. The van der Waals surface area contributed by atoms with Gasteiger partial charge in [0.05, 0.1) is 33.7 Å². The van der Waals surface area contributed by atoms with Crippen LogP contribution in [0.25, 0.3) is 11.3 Å². The number of carbonyl (C=O) groups is 3. The monoisotopic (exact) mass is 547 g/mol. The van der Waals surface area contributed by atoms with E-state index < -0.39 is 11.9 Å². The highest BCUT2D eigenvalue weighted by Crippen LogP contribution is 2.28. The number of ether oxygens (including phenoxy) is 1. The first-order valence-electron chi connectivity index (χ1n) is 11.8. The van der Waals surface area contributed by atoms with Crippen molar-refractivity contribution >= 4 is 46.8 Å². The molecule has 1 unspecified atom stereocenters. The van der Waals surface area contributed by atoms with E-state index in [1.165, 1.54) is 4.68 Å². The summed E-state index contributed by atoms with van der Waals surface area (Å²) in [6.45, 7) is 7.19. The van der Waals surface area contributed by atoms with Gasteiger partial charge in [-0.1, -0.05) is 29.3 Å². The molecule has 1 aliphatic heterocycles. The number of aromatic nitrogens is 4. The van der Waals surface area contributed by atoms with Crippen molar-refractivity contribution in [2.45, 2.75) is 26.8 Å². The molecule has 2 N–H and O–H groups in total. The van der Waals surface area contributed by atoms with Gasteiger partial charge in [-0.15, -0.1) is 0 Å². The molecule has 3 heterocycles. The topological polar surface area (TPSA) is 125 Å². The molecule has 1 atom stereocenters. The van der Waals surface area contributed by atoms with Gasteiger partial charge in [0.2, 0.25) is 5.91 Å². The lowest BCUT2D eigenvalue weighted by Gasteiger charge is -2.35. The Morgan fingerprint density at radius 1 is 1.11 bits per heavy atom. The lowest BCUT2D eigenvalue weighted by molar-refractivity contribution is -0.136. The van der Waals surface area contributed by atoms with Crippen molar-refractivity contribution in [3.05, 3.63) is 51.9 Å². The second kappa shape index (κ2) is 11.2. The van der Waals surface area contributed by atoms with Crippen LogP contribution in [0.15, 0.2) is 30.5 Å². The maximum atomic E-state index is 13.1. The summed E-state index contributed by atoms with van der Waals surface area (Å²) in [6.07, 6.45) is 1.26. The summed E-state index contributed by atoms with van der Waals surface area (Å²) in [5, 5.41) is 15.0. The normalized spacial score (nSPS) is 14.4.